The first-order valence-electron chi connectivity index (χ1n) is 6.14. The molecule has 4 N–H and O–H groups in total. The van der Waals surface area contributed by atoms with Gasteiger partial charge in [-0.3, -0.25) is 0 Å². The standard InChI is InChI=1S/C13H19N3O4/c1-13(2,3)20-12(19)16-7-5-8-4-6-15-10(14)9(8)11(17)18/h4,6H,5,7H2,1-3H3,(H2,14,15)(H,16,19)(H,17,18). The Hall–Kier alpha value is -2.31. The number of rotatable bonds is 4. The molecular formula is C13H19N3O4. The third-order valence-corrected chi connectivity index (χ3v) is 2.34. The van der Waals surface area contributed by atoms with E-state index in [1.165, 1.54) is 6.20 Å². The normalized spacial score (nSPS) is 10.9. The summed E-state index contributed by atoms with van der Waals surface area (Å²) in [6, 6.07) is 1.57. The van der Waals surface area contributed by atoms with Crippen LogP contribution in [0.3, 0.4) is 0 Å². The molecule has 0 unspecified atom stereocenters. The maximum Gasteiger partial charge on any atom is 0.407 e. The number of aromatic nitrogens is 1. The molecule has 7 nitrogen and oxygen atoms in total. The molecule has 1 amide bonds. The Morgan fingerprint density at radius 1 is 1.45 bits per heavy atom. The van der Waals surface area contributed by atoms with Crippen LogP contribution in [0, 0.1) is 0 Å². The highest BCUT2D eigenvalue weighted by atomic mass is 16.6. The number of aromatic carboxylic acids is 1. The first-order valence-corrected chi connectivity index (χ1v) is 6.14. The predicted molar refractivity (Wildman–Crippen MR) is 73.5 cm³/mol. The fraction of sp³-hybridized carbons (Fsp3) is 0.462. The Bertz CT molecular complexity index is 509. The average Bonchev–Trinajstić information content (AvgIpc) is 2.25. The van der Waals surface area contributed by atoms with E-state index in [1.54, 1.807) is 26.8 Å². The number of nitrogens with one attached hydrogen (secondary N) is 1. The Morgan fingerprint density at radius 3 is 2.65 bits per heavy atom. The second-order valence-electron chi connectivity index (χ2n) is 5.21. The van der Waals surface area contributed by atoms with E-state index in [0.717, 1.165) is 0 Å². The summed E-state index contributed by atoms with van der Waals surface area (Å²) in [5, 5.41) is 11.6. The molecule has 0 bridgehead atoms. The highest BCUT2D eigenvalue weighted by molar-refractivity contribution is 5.94. The molecule has 0 saturated heterocycles. The number of alkyl carbamates (subject to hydrolysis) is 1. The monoisotopic (exact) mass is 281 g/mol. The van der Waals surface area contributed by atoms with Crippen molar-refractivity contribution in [3.63, 3.8) is 0 Å². The van der Waals surface area contributed by atoms with E-state index in [0.29, 0.717) is 12.0 Å². The summed E-state index contributed by atoms with van der Waals surface area (Å²) in [5.74, 6) is -1.17. The Morgan fingerprint density at radius 2 is 2.10 bits per heavy atom. The molecule has 0 radical (unpaired) electrons. The van der Waals surface area contributed by atoms with Crippen molar-refractivity contribution in [3.8, 4) is 0 Å². The van der Waals surface area contributed by atoms with Crippen molar-refractivity contribution in [2.24, 2.45) is 0 Å². The Kier molecular flexibility index (Phi) is 4.90. The molecule has 110 valence electrons. The smallest absolute Gasteiger partial charge is 0.407 e. The second kappa shape index (κ2) is 6.23. The van der Waals surface area contributed by atoms with Gasteiger partial charge in [0.25, 0.3) is 0 Å². The molecule has 0 aromatic carbocycles. The minimum absolute atomic E-state index is 0.0292. The number of carboxylic acids is 1. The Balaban J connectivity index is 2.61. The van der Waals surface area contributed by atoms with Gasteiger partial charge in [-0.1, -0.05) is 0 Å². The van der Waals surface area contributed by atoms with Crippen LogP contribution in [0.4, 0.5) is 10.6 Å². The maximum absolute atomic E-state index is 11.4. The number of carboxylic acid groups (broad SMARTS) is 1. The zero-order valence-electron chi connectivity index (χ0n) is 11.8. The van der Waals surface area contributed by atoms with Gasteiger partial charge in [-0.15, -0.1) is 0 Å². The number of nitrogens with two attached hydrogens (primary N) is 1. The van der Waals surface area contributed by atoms with E-state index in [9.17, 15) is 9.59 Å². The summed E-state index contributed by atoms with van der Waals surface area (Å²) >= 11 is 0. The van der Waals surface area contributed by atoms with Gasteiger partial charge in [0, 0.05) is 12.7 Å². The highest BCUT2D eigenvalue weighted by Gasteiger charge is 2.17. The number of nitrogen functional groups attached to an aromatic ring is 1. The van der Waals surface area contributed by atoms with Crippen LogP contribution in [0.25, 0.3) is 0 Å². The summed E-state index contributed by atoms with van der Waals surface area (Å²) in [5.41, 5.74) is 5.45. The van der Waals surface area contributed by atoms with Crippen molar-refractivity contribution in [2.75, 3.05) is 12.3 Å². The molecule has 1 aromatic rings. The topological polar surface area (TPSA) is 115 Å². The molecular weight excluding hydrogens is 262 g/mol. The molecule has 1 aromatic heterocycles. The number of amides is 1. The van der Waals surface area contributed by atoms with Gasteiger partial charge < -0.3 is 20.9 Å². The van der Waals surface area contributed by atoms with Crippen molar-refractivity contribution in [2.45, 2.75) is 32.8 Å². The van der Waals surface area contributed by atoms with E-state index in [1.807, 2.05) is 0 Å². The summed E-state index contributed by atoms with van der Waals surface area (Å²) in [6.45, 7) is 5.54. The lowest BCUT2D eigenvalue weighted by atomic mass is 10.1. The van der Waals surface area contributed by atoms with Crippen molar-refractivity contribution in [3.05, 3.63) is 23.4 Å². The molecule has 0 saturated carbocycles. The number of hydrogen-bond donors (Lipinski definition) is 3. The fourth-order valence-electron chi connectivity index (χ4n) is 1.59. The zero-order chi connectivity index (χ0) is 15.3. The lowest BCUT2D eigenvalue weighted by Crippen LogP contribution is -2.33. The fourth-order valence-corrected chi connectivity index (χ4v) is 1.59. The zero-order valence-corrected chi connectivity index (χ0v) is 11.8. The molecule has 0 spiro atoms. The maximum atomic E-state index is 11.4. The molecule has 0 aliphatic carbocycles. The van der Waals surface area contributed by atoms with Gasteiger partial charge in [-0.05, 0) is 38.8 Å². The van der Waals surface area contributed by atoms with Crippen molar-refractivity contribution < 1.29 is 19.4 Å². The average molecular weight is 281 g/mol. The van der Waals surface area contributed by atoms with Gasteiger partial charge in [0.2, 0.25) is 0 Å². The van der Waals surface area contributed by atoms with Crippen LogP contribution in [0.2, 0.25) is 0 Å². The number of ether oxygens (including phenoxy) is 1. The van der Waals surface area contributed by atoms with Crippen molar-refractivity contribution >= 4 is 17.9 Å². The van der Waals surface area contributed by atoms with Gasteiger partial charge in [-0.25, -0.2) is 14.6 Å². The van der Waals surface area contributed by atoms with E-state index in [4.69, 9.17) is 15.6 Å². The van der Waals surface area contributed by atoms with Crippen molar-refractivity contribution in [1.29, 1.82) is 0 Å². The number of anilines is 1. The molecule has 1 heterocycles. The molecule has 7 heteroatoms. The third-order valence-electron chi connectivity index (χ3n) is 2.34. The minimum atomic E-state index is -1.14. The molecule has 20 heavy (non-hydrogen) atoms. The minimum Gasteiger partial charge on any atom is -0.478 e. The first kappa shape index (κ1) is 15.7. The summed E-state index contributed by atoms with van der Waals surface area (Å²) < 4.78 is 5.07. The first-order chi connectivity index (χ1) is 9.20. The SMILES string of the molecule is CC(C)(C)OC(=O)NCCc1ccnc(N)c1C(=O)O. The van der Waals surface area contributed by atoms with Crippen LogP contribution in [-0.2, 0) is 11.2 Å². The van der Waals surface area contributed by atoms with Crippen LogP contribution >= 0.6 is 0 Å². The molecule has 1 rings (SSSR count). The number of nitrogens with zero attached hydrogens (tertiary/aromatic N) is 1. The molecule has 0 aliphatic rings. The van der Waals surface area contributed by atoms with Gasteiger partial charge >= 0.3 is 12.1 Å². The Labute approximate surface area is 117 Å². The van der Waals surface area contributed by atoms with Crippen LogP contribution in [-0.4, -0.2) is 34.3 Å². The number of pyridine rings is 1. The van der Waals surface area contributed by atoms with E-state index in [-0.39, 0.29) is 17.9 Å². The van der Waals surface area contributed by atoms with E-state index >= 15 is 0 Å². The highest BCUT2D eigenvalue weighted by Crippen LogP contribution is 2.14. The van der Waals surface area contributed by atoms with Gasteiger partial charge in [0.1, 0.15) is 17.0 Å². The number of hydrogen-bond acceptors (Lipinski definition) is 5. The molecule has 0 atom stereocenters. The predicted octanol–water partition coefficient (Wildman–Crippen LogP) is 1.43. The van der Waals surface area contributed by atoms with E-state index in [2.05, 4.69) is 10.3 Å². The largest absolute Gasteiger partial charge is 0.478 e. The lowest BCUT2D eigenvalue weighted by Gasteiger charge is -2.19. The van der Waals surface area contributed by atoms with E-state index < -0.39 is 17.7 Å². The van der Waals surface area contributed by atoms with Gasteiger partial charge in [0.15, 0.2) is 0 Å². The lowest BCUT2D eigenvalue weighted by molar-refractivity contribution is 0.0528. The van der Waals surface area contributed by atoms with Crippen LogP contribution in [0.15, 0.2) is 12.3 Å². The van der Waals surface area contributed by atoms with Crippen molar-refractivity contribution in [1.82, 2.24) is 10.3 Å². The second-order valence-corrected chi connectivity index (χ2v) is 5.21. The van der Waals surface area contributed by atoms with Gasteiger partial charge in [0.05, 0.1) is 0 Å². The summed E-state index contributed by atoms with van der Waals surface area (Å²) in [7, 11) is 0. The third kappa shape index (κ3) is 4.75. The molecule has 0 aliphatic heterocycles. The van der Waals surface area contributed by atoms with Crippen LogP contribution in [0.1, 0.15) is 36.7 Å². The van der Waals surface area contributed by atoms with Gasteiger partial charge in [-0.2, -0.15) is 0 Å². The van der Waals surface area contributed by atoms with Crippen LogP contribution < -0.4 is 11.1 Å². The summed E-state index contributed by atoms with van der Waals surface area (Å²) in [4.78, 5) is 26.3. The number of carbonyl (C=O) groups excluding carboxylic acids is 1. The summed E-state index contributed by atoms with van der Waals surface area (Å²) in [6.07, 6.45) is 1.22. The molecule has 0 fully saturated rings. The quantitative estimate of drug-likeness (QED) is 0.769. The number of carbonyl (C=O) groups is 2. The van der Waals surface area contributed by atoms with Crippen LogP contribution in [0.5, 0.6) is 0 Å².